The Labute approximate surface area is 128 Å². The number of nitrogens with one attached hydrogen (secondary N) is 1. The van der Waals surface area contributed by atoms with Gasteiger partial charge in [0.05, 0.1) is 16.1 Å². The van der Waals surface area contributed by atoms with E-state index < -0.39 is 0 Å². The number of likely N-dealkylation sites (N-methyl/N-ethyl adjacent to an activating group) is 1. The lowest BCUT2D eigenvalue weighted by Crippen LogP contribution is -2.32. The molecule has 20 heavy (non-hydrogen) atoms. The van der Waals surface area contributed by atoms with E-state index in [1.54, 1.807) is 12.1 Å². The van der Waals surface area contributed by atoms with E-state index in [1.165, 1.54) is 11.1 Å². The molecule has 0 saturated heterocycles. The summed E-state index contributed by atoms with van der Waals surface area (Å²) in [6.07, 6.45) is 0.965. The van der Waals surface area contributed by atoms with Gasteiger partial charge in [0, 0.05) is 6.07 Å². The van der Waals surface area contributed by atoms with E-state index in [-0.39, 0.29) is 12.1 Å². The molecule has 1 aliphatic carbocycles. The molecule has 2 aromatic rings. The fourth-order valence-corrected chi connectivity index (χ4v) is 2.94. The minimum Gasteiger partial charge on any atom is -0.484 e. The third kappa shape index (κ3) is 2.51. The maximum absolute atomic E-state index is 6.14. The van der Waals surface area contributed by atoms with Gasteiger partial charge in [-0.15, -0.1) is 0 Å². The Morgan fingerprint density at radius 2 is 1.90 bits per heavy atom. The molecular weight excluding hydrogens is 293 g/mol. The van der Waals surface area contributed by atoms with Gasteiger partial charge in [-0.1, -0.05) is 47.5 Å². The van der Waals surface area contributed by atoms with Gasteiger partial charge in [0.1, 0.15) is 11.9 Å². The van der Waals surface area contributed by atoms with Crippen molar-refractivity contribution in [2.24, 2.45) is 0 Å². The number of rotatable bonds is 3. The van der Waals surface area contributed by atoms with E-state index in [0.717, 1.165) is 12.2 Å². The zero-order valence-corrected chi connectivity index (χ0v) is 12.6. The molecule has 1 aliphatic rings. The molecule has 0 amide bonds. The van der Waals surface area contributed by atoms with E-state index in [4.69, 9.17) is 27.9 Å². The summed E-state index contributed by atoms with van der Waals surface area (Å²) in [5, 5.41) is 4.37. The molecular formula is C16H15Cl2NO. The lowest BCUT2D eigenvalue weighted by molar-refractivity contribution is 0.172. The van der Waals surface area contributed by atoms with Crippen LogP contribution in [-0.2, 0) is 6.42 Å². The first kappa shape index (κ1) is 13.7. The normalized spacial score (nSPS) is 20.8. The Kier molecular flexibility index (Phi) is 3.88. The van der Waals surface area contributed by atoms with E-state index in [1.807, 2.05) is 19.2 Å². The first-order valence-electron chi connectivity index (χ1n) is 6.56. The Hall–Kier alpha value is -1.22. The molecule has 2 atom stereocenters. The monoisotopic (exact) mass is 307 g/mol. The van der Waals surface area contributed by atoms with Crippen molar-refractivity contribution in [2.75, 3.05) is 7.05 Å². The highest BCUT2D eigenvalue weighted by Gasteiger charge is 2.32. The summed E-state index contributed by atoms with van der Waals surface area (Å²) in [4.78, 5) is 0. The van der Waals surface area contributed by atoms with Crippen molar-refractivity contribution in [2.45, 2.75) is 18.6 Å². The Morgan fingerprint density at radius 1 is 1.10 bits per heavy atom. The van der Waals surface area contributed by atoms with Crippen molar-refractivity contribution >= 4 is 23.2 Å². The van der Waals surface area contributed by atoms with Gasteiger partial charge in [0.2, 0.25) is 0 Å². The van der Waals surface area contributed by atoms with Crippen LogP contribution in [0.3, 0.4) is 0 Å². The lowest BCUT2D eigenvalue weighted by atomic mass is 10.1. The number of benzene rings is 2. The van der Waals surface area contributed by atoms with Gasteiger partial charge in [-0.05, 0) is 36.7 Å². The van der Waals surface area contributed by atoms with Crippen LogP contribution in [-0.4, -0.2) is 13.1 Å². The lowest BCUT2D eigenvalue weighted by Gasteiger charge is -2.22. The van der Waals surface area contributed by atoms with Gasteiger partial charge in [-0.3, -0.25) is 0 Å². The standard InChI is InChI=1S/C16H15Cl2NO/c1-19-15-8-10-4-2-3-5-12(10)16(15)20-11-6-7-13(17)14(18)9-11/h2-7,9,15-16,19H,8H2,1H3. The minimum absolute atomic E-state index is 0.00607. The van der Waals surface area contributed by atoms with Crippen molar-refractivity contribution in [1.82, 2.24) is 5.32 Å². The molecule has 0 bridgehead atoms. The summed E-state index contributed by atoms with van der Waals surface area (Å²) in [5.41, 5.74) is 2.56. The number of hydrogen-bond acceptors (Lipinski definition) is 2. The summed E-state index contributed by atoms with van der Waals surface area (Å²) in [6.45, 7) is 0. The molecule has 2 aromatic carbocycles. The first-order chi connectivity index (χ1) is 9.69. The summed E-state index contributed by atoms with van der Waals surface area (Å²) >= 11 is 12.0. The molecule has 1 N–H and O–H groups in total. The van der Waals surface area contributed by atoms with Crippen LogP contribution in [0, 0.1) is 0 Å². The first-order valence-corrected chi connectivity index (χ1v) is 7.31. The molecule has 3 rings (SSSR count). The van der Waals surface area contributed by atoms with Gasteiger partial charge >= 0.3 is 0 Å². The second-order valence-electron chi connectivity index (χ2n) is 4.91. The molecule has 0 heterocycles. The third-order valence-corrected chi connectivity index (χ3v) is 4.43. The van der Waals surface area contributed by atoms with Gasteiger partial charge < -0.3 is 10.1 Å². The molecule has 0 radical (unpaired) electrons. The predicted molar refractivity (Wildman–Crippen MR) is 82.8 cm³/mol. The van der Waals surface area contributed by atoms with Gasteiger partial charge in [0.25, 0.3) is 0 Å². The van der Waals surface area contributed by atoms with Gasteiger partial charge in [-0.2, -0.15) is 0 Å². The molecule has 104 valence electrons. The van der Waals surface area contributed by atoms with Crippen LogP contribution >= 0.6 is 23.2 Å². The SMILES string of the molecule is CNC1Cc2ccccc2C1Oc1ccc(Cl)c(Cl)c1. The van der Waals surface area contributed by atoms with E-state index in [2.05, 4.69) is 23.5 Å². The largest absolute Gasteiger partial charge is 0.484 e. The number of hydrogen-bond donors (Lipinski definition) is 1. The van der Waals surface area contributed by atoms with Crippen LogP contribution < -0.4 is 10.1 Å². The quantitative estimate of drug-likeness (QED) is 0.915. The number of ether oxygens (including phenoxy) is 1. The summed E-state index contributed by atoms with van der Waals surface area (Å²) < 4.78 is 6.14. The highest BCUT2D eigenvalue weighted by molar-refractivity contribution is 6.42. The smallest absolute Gasteiger partial charge is 0.140 e. The maximum Gasteiger partial charge on any atom is 0.140 e. The van der Waals surface area contributed by atoms with Crippen molar-refractivity contribution in [3.05, 3.63) is 63.6 Å². The summed E-state index contributed by atoms with van der Waals surface area (Å²) in [5.74, 6) is 0.737. The Bertz CT molecular complexity index is 630. The highest BCUT2D eigenvalue weighted by Crippen LogP contribution is 2.36. The number of fused-ring (bicyclic) bond motifs is 1. The molecule has 0 aromatic heterocycles. The zero-order valence-electron chi connectivity index (χ0n) is 11.1. The van der Waals surface area contributed by atoms with Gasteiger partial charge in [0.15, 0.2) is 0 Å². The Balaban J connectivity index is 1.90. The van der Waals surface area contributed by atoms with Crippen molar-refractivity contribution in [1.29, 1.82) is 0 Å². The molecule has 0 fully saturated rings. The minimum atomic E-state index is -0.00607. The molecule has 4 heteroatoms. The molecule has 0 spiro atoms. The fourth-order valence-electron chi connectivity index (χ4n) is 2.65. The van der Waals surface area contributed by atoms with Crippen LogP contribution in [0.2, 0.25) is 10.0 Å². The predicted octanol–water partition coefficient (Wildman–Crippen LogP) is 4.26. The molecule has 2 nitrogen and oxygen atoms in total. The third-order valence-electron chi connectivity index (χ3n) is 3.69. The van der Waals surface area contributed by atoms with Crippen LogP contribution in [0.25, 0.3) is 0 Å². The van der Waals surface area contributed by atoms with Crippen LogP contribution in [0.4, 0.5) is 0 Å². The zero-order chi connectivity index (χ0) is 14.1. The fraction of sp³-hybridized carbons (Fsp3) is 0.250. The van der Waals surface area contributed by atoms with Crippen LogP contribution in [0.1, 0.15) is 17.2 Å². The average Bonchev–Trinajstić information content (AvgIpc) is 2.81. The second-order valence-corrected chi connectivity index (χ2v) is 5.73. The van der Waals surface area contributed by atoms with Crippen molar-refractivity contribution < 1.29 is 4.74 Å². The van der Waals surface area contributed by atoms with Crippen LogP contribution in [0.15, 0.2) is 42.5 Å². The highest BCUT2D eigenvalue weighted by atomic mass is 35.5. The van der Waals surface area contributed by atoms with Crippen molar-refractivity contribution in [3.63, 3.8) is 0 Å². The van der Waals surface area contributed by atoms with Crippen molar-refractivity contribution in [3.8, 4) is 5.75 Å². The Morgan fingerprint density at radius 3 is 2.65 bits per heavy atom. The van der Waals surface area contributed by atoms with E-state index in [0.29, 0.717) is 10.0 Å². The van der Waals surface area contributed by atoms with Gasteiger partial charge in [-0.25, -0.2) is 0 Å². The second kappa shape index (κ2) is 5.65. The topological polar surface area (TPSA) is 21.3 Å². The molecule has 0 aliphatic heterocycles. The summed E-state index contributed by atoms with van der Waals surface area (Å²) in [7, 11) is 1.96. The summed E-state index contributed by atoms with van der Waals surface area (Å²) in [6, 6.07) is 14.0. The average molecular weight is 308 g/mol. The number of halogens is 2. The van der Waals surface area contributed by atoms with E-state index in [9.17, 15) is 0 Å². The maximum atomic E-state index is 6.14. The molecule has 0 saturated carbocycles. The molecule has 2 unspecified atom stereocenters. The van der Waals surface area contributed by atoms with E-state index >= 15 is 0 Å². The van der Waals surface area contributed by atoms with Crippen LogP contribution in [0.5, 0.6) is 5.75 Å².